The van der Waals surface area contributed by atoms with Crippen LogP contribution in [0, 0.1) is 10.8 Å². The molecule has 2 unspecified atom stereocenters. The molecule has 9 rings (SSSR count). The maximum absolute atomic E-state index is 14.7. The van der Waals surface area contributed by atoms with Crippen molar-refractivity contribution >= 4 is 35.4 Å². The first-order chi connectivity index (χ1) is 28.3. The van der Waals surface area contributed by atoms with E-state index in [4.69, 9.17) is 0 Å². The molecule has 0 bridgehead atoms. The fourth-order valence-electron chi connectivity index (χ4n) is 10.1. The van der Waals surface area contributed by atoms with Gasteiger partial charge in [0.25, 0.3) is 0 Å². The third kappa shape index (κ3) is 6.86. The zero-order valence-corrected chi connectivity index (χ0v) is 39.4. The van der Waals surface area contributed by atoms with E-state index < -0.39 is 54.4 Å². The Hall–Kier alpha value is -4.53. The summed E-state index contributed by atoms with van der Waals surface area (Å²) in [5.74, 6) is 0. The van der Waals surface area contributed by atoms with Crippen molar-refractivity contribution in [2.75, 3.05) is 0 Å². The molecule has 2 atom stereocenters. The van der Waals surface area contributed by atoms with Crippen LogP contribution < -0.4 is 13.7 Å². The number of hydrogen-bond acceptors (Lipinski definition) is 0. The van der Waals surface area contributed by atoms with Crippen LogP contribution in [-0.2, 0) is 33.8 Å². The van der Waals surface area contributed by atoms with Gasteiger partial charge in [-0.1, -0.05) is 0 Å². The zero-order valence-electron chi connectivity index (χ0n) is 34.4. The molecule has 2 aliphatic carbocycles. The standard InChI is InChI=1S/2C20H18F3.C12H9Si.Hf/c2*1-19(2,3)14-11-13-7-6-9-15(17(13)12-14)16-8-4-5-10-18(16)20(21,22)23;1-3-7-11-9(5-1)10-6-2-4-8-12(10)13-11;/h2*4-12H,1-3H3;1-7H,13H2;. The molecular formula is C52H45F6HfSi. The number of rotatable bonds is 5. The summed E-state index contributed by atoms with van der Waals surface area (Å²) in [4.78, 5) is 0. The summed E-state index contributed by atoms with van der Waals surface area (Å²) in [6.45, 7) is 13.2. The van der Waals surface area contributed by atoms with Crippen LogP contribution in [0.2, 0.25) is 0 Å². The Bertz CT molecular complexity index is 2620. The molecule has 0 nitrogen and oxygen atoms in total. The summed E-state index contributed by atoms with van der Waals surface area (Å²) in [5.41, 5.74) is 8.24. The van der Waals surface area contributed by atoms with E-state index in [9.17, 15) is 26.3 Å². The quantitative estimate of drug-likeness (QED) is 0.119. The zero-order chi connectivity index (χ0) is 42.5. The van der Waals surface area contributed by atoms with Crippen LogP contribution in [0.4, 0.5) is 26.3 Å². The Kier molecular flexibility index (Phi) is 9.90. The van der Waals surface area contributed by atoms with E-state index in [2.05, 4.69) is 108 Å². The molecule has 3 aliphatic rings. The Morgan fingerprint density at radius 3 is 1.30 bits per heavy atom. The van der Waals surface area contributed by atoms with Crippen molar-refractivity contribution in [3.05, 3.63) is 172 Å². The second-order valence-corrected chi connectivity index (χ2v) is 29.6. The van der Waals surface area contributed by atoms with Gasteiger partial charge >= 0.3 is 361 Å². The fourth-order valence-corrected chi connectivity index (χ4v) is 31.2. The average molecular weight is 990 g/mol. The molecule has 1 aliphatic heterocycles. The van der Waals surface area contributed by atoms with Gasteiger partial charge in [0.2, 0.25) is 0 Å². The third-order valence-corrected chi connectivity index (χ3v) is 28.9. The van der Waals surface area contributed by atoms with E-state index in [0.29, 0.717) is 11.1 Å². The Morgan fingerprint density at radius 1 is 0.433 bits per heavy atom. The van der Waals surface area contributed by atoms with Crippen molar-refractivity contribution in [3.63, 3.8) is 0 Å². The second kappa shape index (κ2) is 14.5. The molecule has 303 valence electrons. The van der Waals surface area contributed by atoms with Crippen LogP contribution in [0.3, 0.4) is 0 Å². The summed E-state index contributed by atoms with van der Waals surface area (Å²) < 4.78 is 89.5. The van der Waals surface area contributed by atoms with Gasteiger partial charge < -0.3 is 0 Å². The molecular weight excluding hydrogens is 945 g/mol. The van der Waals surface area contributed by atoms with Crippen molar-refractivity contribution in [2.24, 2.45) is 10.8 Å². The van der Waals surface area contributed by atoms with Crippen LogP contribution >= 0.6 is 0 Å². The van der Waals surface area contributed by atoms with E-state index >= 15 is 0 Å². The minimum atomic E-state index is -4.54. The minimum absolute atomic E-state index is 0.0555. The van der Waals surface area contributed by atoms with Gasteiger partial charge in [0.1, 0.15) is 0 Å². The number of hydrogen-bond donors (Lipinski definition) is 0. The molecule has 6 aromatic carbocycles. The number of fused-ring (bicyclic) bond motifs is 5. The van der Waals surface area contributed by atoms with E-state index in [1.165, 1.54) is 48.1 Å². The fraction of sp³-hybridized carbons (Fsp3) is 0.231. The predicted octanol–water partition coefficient (Wildman–Crippen LogP) is 12.8. The summed E-state index contributed by atoms with van der Waals surface area (Å²) in [7, 11) is -0.916. The van der Waals surface area contributed by atoms with Crippen LogP contribution in [0.1, 0.15) is 82.3 Å². The SMILES string of the molecule is CC(C)(C)C1=Cc2c(-c3ccccc3C(F)(F)F)cccc2[CH]1[Hf]([c]1cccc2c1[SiH2]c1ccccc1-2)[CH]1C(C(C)(C)C)=Cc2c(-c3ccccc3C(F)(F)F)cccc21. The summed E-state index contributed by atoms with van der Waals surface area (Å²) in [6.07, 6.45) is -4.67. The van der Waals surface area contributed by atoms with Crippen molar-refractivity contribution < 1.29 is 47.8 Å². The number of allylic oxidation sites excluding steroid dienone is 2. The van der Waals surface area contributed by atoms with Gasteiger partial charge in [-0.3, -0.25) is 0 Å². The Balaban J connectivity index is 1.35. The van der Waals surface area contributed by atoms with Gasteiger partial charge in [0, 0.05) is 0 Å². The van der Waals surface area contributed by atoms with Gasteiger partial charge in [-0.05, 0) is 0 Å². The molecule has 8 heteroatoms. The third-order valence-electron chi connectivity index (χ3n) is 12.7. The normalized spacial score (nSPS) is 17.5. The van der Waals surface area contributed by atoms with Gasteiger partial charge in [0.05, 0.1) is 0 Å². The molecule has 0 saturated heterocycles. The maximum atomic E-state index is 14.7. The van der Waals surface area contributed by atoms with Crippen molar-refractivity contribution in [3.8, 4) is 33.4 Å². The molecule has 60 heavy (non-hydrogen) atoms. The molecule has 0 N–H and O–H groups in total. The first kappa shape index (κ1) is 40.9. The number of benzene rings is 6. The van der Waals surface area contributed by atoms with Crippen LogP contribution in [-0.4, -0.2) is 9.52 Å². The first-order valence-electron chi connectivity index (χ1n) is 20.4. The van der Waals surface area contributed by atoms with Gasteiger partial charge in [0.15, 0.2) is 0 Å². The summed E-state index contributed by atoms with van der Waals surface area (Å²) in [6, 6.07) is 39.0. The van der Waals surface area contributed by atoms with E-state index in [0.717, 1.165) is 34.4 Å². The predicted molar refractivity (Wildman–Crippen MR) is 233 cm³/mol. The first-order valence-corrected chi connectivity index (χ1v) is 27.8. The van der Waals surface area contributed by atoms with Crippen molar-refractivity contribution in [1.29, 1.82) is 0 Å². The molecule has 0 radical (unpaired) electrons. The molecule has 1 heterocycles. The molecule has 0 spiro atoms. The van der Waals surface area contributed by atoms with Gasteiger partial charge in [-0.2, -0.15) is 0 Å². The van der Waals surface area contributed by atoms with Crippen LogP contribution in [0.5, 0.6) is 0 Å². The molecule has 0 fully saturated rings. The van der Waals surface area contributed by atoms with Gasteiger partial charge in [-0.15, -0.1) is 0 Å². The Labute approximate surface area is 358 Å². The molecule has 0 saturated carbocycles. The summed E-state index contributed by atoms with van der Waals surface area (Å²) >= 11 is -3.75. The monoisotopic (exact) mass is 991 g/mol. The van der Waals surface area contributed by atoms with E-state index in [-0.39, 0.29) is 29.3 Å². The van der Waals surface area contributed by atoms with Gasteiger partial charge in [-0.25, -0.2) is 0 Å². The molecule has 6 aromatic rings. The second-order valence-electron chi connectivity index (χ2n) is 18.4. The van der Waals surface area contributed by atoms with Crippen molar-refractivity contribution in [1.82, 2.24) is 0 Å². The molecule has 0 aromatic heterocycles. The van der Waals surface area contributed by atoms with Crippen LogP contribution in [0.25, 0.3) is 45.5 Å². The van der Waals surface area contributed by atoms with E-state index in [1.54, 1.807) is 24.3 Å². The molecule has 0 amide bonds. The average Bonchev–Trinajstić information content (AvgIpc) is 3.90. The Morgan fingerprint density at radius 2 is 0.833 bits per heavy atom. The van der Waals surface area contributed by atoms with E-state index in [1.807, 2.05) is 24.3 Å². The van der Waals surface area contributed by atoms with Crippen LogP contribution in [0.15, 0.2) is 139 Å². The summed E-state index contributed by atoms with van der Waals surface area (Å²) in [5, 5.41) is 2.85. The topological polar surface area (TPSA) is 0 Å². The number of alkyl halides is 6. The van der Waals surface area contributed by atoms with Crippen molar-refractivity contribution in [2.45, 2.75) is 61.2 Å². The number of halogens is 6.